The van der Waals surface area contributed by atoms with Gasteiger partial charge in [0.2, 0.25) is 0 Å². The molecule has 5 heteroatoms. The van der Waals surface area contributed by atoms with Crippen LogP contribution in [0.5, 0.6) is 5.75 Å². The zero-order valence-electron chi connectivity index (χ0n) is 12.5. The fourth-order valence-corrected chi connectivity index (χ4v) is 2.38. The topological polar surface area (TPSA) is 60.7 Å². The summed E-state index contributed by atoms with van der Waals surface area (Å²) in [4.78, 5) is 12.0. The van der Waals surface area contributed by atoms with Crippen molar-refractivity contribution in [1.29, 1.82) is 0 Å². The highest BCUT2D eigenvalue weighted by Gasteiger charge is 2.16. The van der Waals surface area contributed by atoms with Crippen molar-refractivity contribution >= 4 is 11.6 Å². The number of carbonyl (C=O) groups is 1. The van der Waals surface area contributed by atoms with Gasteiger partial charge in [0.15, 0.2) is 5.76 Å². The molecule has 0 aliphatic carbocycles. The van der Waals surface area contributed by atoms with Gasteiger partial charge in [0.1, 0.15) is 18.1 Å². The number of hydrogen-bond acceptors (Lipinski definition) is 4. The normalized spacial score (nSPS) is 17.4. The molecule has 0 radical (unpaired) electrons. The fraction of sp³-hybridized carbons (Fsp3) is 0.353. The van der Waals surface area contributed by atoms with Gasteiger partial charge in [0.25, 0.3) is 5.91 Å². The van der Waals surface area contributed by atoms with Crippen LogP contribution in [0.4, 0.5) is 5.69 Å². The second kappa shape index (κ2) is 6.66. The molecular weight excluding hydrogens is 282 g/mol. The largest absolute Gasteiger partial charge is 0.491 e. The SMILES string of the molecule is Cc1ccc(C(=O)Nc2cccc(OCC3CCCO3)c2)o1. The molecule has 1 fully saturated rings. The van der Waals surface area contributed by atoms with Gasteiger partial charge in [-0.1, -0.05) is 6.07 Å². The Morgan fingerprint density at radius 2 is 2.27 bits per heavy atom. The summed E-state index contributed by atoms with van der Waals surface area (Å²) in [5.41, 5.74) is 0.670. The van der Waals surface area contributed by atoms with Gasteiger partial charge in [0.05, 0.1) is 6.10 Å². The number of rotatable bonds is 5. The van der Waals surface area contributed by atoms with Crippen molar-refractivity contribution in [3.8, 4) is 5.75 Å². The van der Waals surface area contributed by atoms with Crippen LogP contribution in [0.2, 0.25) is 0 Å². The summed E-state index contributed by atoms with van der Waals surface area (Å²) in [5.74, 6) is 1.44. The van der Waals surface area contributed by atoms with Crippen molar-refractivity contribution in [3.63, 3.8) is 0 Å². The van der Waals surface area contributed by atoms with Crippen LogP contribution in [0.15, 0.2) is 40.8 Å². The lowest BCUT2D eigenvalue weighted by Crippen LogP contribution is -2.16. The first-order valence-corrected chi connectivity index (χ1v) is 7.43. The lowest BCUT2D eigenvalue weighted by Gasteiger charge is -2.12. The van der Waals surface area contributed by atoms with E-state index in [1.807, 2.05) is 18.2 Å². The summed E-state index contributed by atoms with van der Waals surface area (Å²) in [5, 5.41) is 2.80. The molecule has 1 N–H and O–H groups in total. The summed E-state index contributed by atoms with van der Waals surface area (Å²) in [6.45, 7) is 3.15. The maximum atomic E-state index is 12.0. The molecule has 1 aliphatic heterocycles. The summed E-state index contributed by atoms with van der Waals surface area (Å²) in [6, 6.07) is 10.7. The minimum absolute atomic E-state index is 0.171. The summed E-state index contributed by atoms with van der Waals surface area (Å²) in [6.07, 6.45) is 2.30. The number of furan rings is 1. The quantitative estimate of drug-likeness (QED) is 0.919. The third-order valence-corrected chi connectivity index (χ3v) is 3.52. The molecular formula is C17H19NO4. The first kappa shape index (κ1) is 14.7. The van der Waals surface area contributed by atoms with Crippen LogP contribution >= 0.6 is 0 Å². The zero-order valence-corrected chi connectivity index (χ0v) is 12.5. The minimum Gasteiger partial charge on any atom is -0.491 e. The van der Waals surface area contributed by atoms with E-state index in [9.17, 15) is 4.79 Å². The first-order valence-electron chi connectivity index (χ1n) is 7.43. The number of anilines is 1. The number of carbonyl (C=O) groups excluding carboxylic acids is 1. The van der Waals surface area contributed by atoms with Gasteiger partial charge in [-0.3, -0.25) is 4.79 Å². The Morgan fingerprint density at radius 3 is 3.00 bits per heavy atom. The van der Waals surface area contributed by atoms with E-state index in [1.165, 1.54) is 0 Å². The molecule has 5 nitrogen and oxygen atoms in total. The molecule has 0 saturated carbocycles. The van der Waals surface area contributed by atoms with Crippen LogP contribution in [-0.2, 0) is 4.74 Å². The van der Waals surface area contributed by atoms with E-state index >= 15 is 0 Å². The predicted octanol–water partition coefficient (Wildman–Crippen LogP) is 3.40. The molecule has 1 unspecified atom stereocenters. The first-order chi connectivity index (χ1) is 10.7. The molecule has 0 bridgehead atoms. The highest BCUT2D eigenvalue weighted by Crippen LogP contribution is 2.20. The summed E-state index contributed by atoms with van der Waals surface area (Å²) >= 11 is 0. The summed E-state index contributed by atoms with van der Waals surface area (Å²) in [7, 11) is 0. The average molecular weight is 301 g/mol. The van der Waals surface area contributed by atoms with Crippen molar-refractivity contribution < 1.29 is 18.7 Å². The van der Waals surface area contributed by atoms with Gasteiger partial charge in [-0.05, 0) is 44.0 Å². The molecule has 1 aromatic heterocycles. The van der Waals surface area contributed by atoms with Crippen LogP contribution < -0.4 is 10.1 Å². The third kappa shape index (κ3) is 3.68. The fourth-order valence-electron chi connectivity index (χ4n) is 2.38. The molecule has 1 atom stereocenters. The van der Waals surface area contributed by atoms with Crippen LogP contribution in [-0.4, -0.2) is 25.2 Å². The molecule has 1 aliphatic rings. The third-order valence-electron chi connectivity index (χ3n) is 3.52. The smallest absolute Gasteiger partial charge is 0.291 e. The van der Waals surface area contributed by atoms with Gasteiger partial charge in [0, 0.05) is 18.4 Å². The van der Waals surface area contributed by atoms with Crippen molar-refractivity contribution in [1.82, 2.24) is 0 Å². The Labute approximate surface area is 129 Å². The standard InChI is InChI=1S/C17H19NO4/c1-12-7-8-16(22-12)17(19)18-13-4-2-5-14(10-13)21-11-15-6-3-9-20-15/h2,4-5,7-8,10,15H,3,6,9,11H2,1H3,(H,18,19). The van der Waals surface area contributed by atoms with E-state index < -0.39 is 0 Å². The molecule has 0 spiro atoms. The average Bonchev–Trinajstić information content (AvgIpc) is 3.17. The Hall–Kier alpha value is -2.27. The minimum atomic E-state index is -0.274. The Bertz CT molecular complexity index is 644. The van der Waals surface area contributed by atoms with Crippen molar-refractivity contribution in [2.24, 2.45) is 0 Å². The van der Waals surface area contributed by atoms with E-state index in [-0.39, 0.29) is 12.0 Å². The number of benzene rings is 1. The number of aryl methyl sites for hydroxylation is 1. The molecule has 3 rings (SSSR count). The van der Waals surface area contributed by atoms with E-state index in [0.717, 1.165) is 19.4 Å². The molecule has 22 heavy (non-hydrogen) atoms. The van der Waals surface area contributed by atoms with Crippen molar-refractivity contribution in [3.05, 3.63) is 47.9 Å². The van der Waals surface area contributed by atoms with Crippen LogP contribution in [0.1, 0.15) is 29.2 Å². The Balaban J connectivity index is 1.59. The molecule has 2 heterocycles. The van der Waals surface area contributed by atoms with Crippen molar-refractivity contribution in [2.75, 3.05) is 18.5 Å². The number of ether oxygens (including phenoxy) is 2. The molecule has 1 aromatic carbocycles. The van der Waals surface area contributed by atoms with Crippen molar-refractivity contribution in [2.45, 2.75) is 25.9 Å². The lowest BCUT2D eigenvalue weighted by molar-refractivity contribution is 0.0680. The monoisotopic (exact) mass is 301 g/mol. The Morgan fingerprint density at radius 1 is 1.36 bits per heavy atom. The van der Waals surface area contributed by atoms with Gasteiger partial charge < -0.3 is 19.2 Å². The van der Waals surface area contributed by atoms with Crippen LogP contribution in [0.3, 0.4) is 0 Å². The highest BCUT2D eigenvalue weighted by molar-refractivity contribution is 6.02. The highest BCUT2D eigenvalue weighted by atomic mass is 16.5. The molecule has 116 valence electrons. The molecule has 1 amide bonds. The number of nitrogens with one attached hydrogen (secondary N) is 1. The van der Waals surface area contributed by atoms with Gasteiger partial charge in [-0.2, -0.15) is 0 Å². The summed E-state index contributed by atoms with van der Waals surface area (Å²) < 4.78 is 16.5. The second-order valence-corrected chi connectivity index (χ2v) is 5.34. The lowest BCUT2D eigenvalue weighted by atomic mass is 10.2. The van der Waals surface area contributed by atoms with E-state index in [1.54, 1.807) is 25.1 Å². The van der Waals surface area contributed by atoms with Crippen LogP contribution in [0, 0.1) is 6.92 Å². The molecule has 2 aromatic rings. The maximum Gasteiger partial charge on any atom is 0.291 e. The number of amides is 1. The maximum absolute atomic E-state index is 12.0. The second-order valence-electron chi connectivity index (χ2n) is 5.34. The van der Waals surface area contributed by atoms with Crippen LogP contribution in [0.25, 0.3) is 0 Å². The predicted molar refractivity (Wildman–Crippen MR) is 82.3 cm³/mol. The molecule has 1 saturated heterocycles. The van der Waals surface area contributed by atoms with Gasteiger partial charge in [-0.25, -0.2) is 0 Å². The number of hydrogen-bond donors (Lipinski definition) is 1. The van der Waals surface area contributed by atoms with E-state index in [0.29, 0.717) is 29.6 Å². The van der Waals surface area contributed by atoms with Gasteiger partial charge in [-0.15, -0.1) is 0 Å². The van der Waals surface area contributed by atoms with E-state index in [4.69, 9.17) is 13.9 Å². The Kier molecular flexibility index (Phi) is 4.44. The van der Waals surface area contributed by atoms with E-state index in [2.05, 4.69) is 5.32 Å². The zero-order chi connectivity index (χ0) is 15.4. The van der Waals surface area contributed by atoms with Gasteiger partial charge >= 0.3 is 0 Å².